The molecular formula is C25H30N4O5S. The molecule has 0 saturated carbocycles. The van der Waals surface area contributed by atoms with Gasteiger partial charge in [-0.15, -0.1) is 0 Å². The molecule has 2 aliphatic rings. The summed E-state index contributed by atoms with van der Waals surface area (Å²) in [5.41, 5.74) is 1.57. The van der Waals surface area contributed by atoms with Crippen molar-refractivity contribution in [2.75, 3.05) is 39.8 Å². The Kier molecular flexibility index (Phi) is 7.07. The van der Waals surface area contributed by atoms with Gasteiger partial charge < -0.3 is 10.2 Å². The maximum Gasteiger partial charge on any atom is 0.261 e. The van der Waals surface area contributed by atoms with Gasteiger partial charge >= 0.3 is 0 Å². The highest BCUT2D eigenvalue weighted by atomic mass is 32.2. The highest BCUT2D eigenvalue weighted by Gasteiger charge is 2.36. The summed E-state index contributed by atoms with van der Waals surface area (Å²) < 4.78 is 27.2. The van der Waals surface area contributed by atoms with Crippen LogP contribution >= 0.6 is 0 Å². The zero-order valence-electron chi connectivity index (χ0n) is 20.2. The third kappa shape index (κ3) is 5.14. The lowest BCUT2D eigenvalue weighted by Crippen LogP contribution is -2.47. The van der Waals surface area contributed by atoms with Crippen LogP contribution in [0.4, 0.5) is 0 Å². The van der Waals surface area contributed by atoms with Crippen LogP contribution in [0.2, 0.25) is 0 Å². The quantitative estimate of drug-likeness (QED) is 0.584. The number of hydrogen-bond acceptors (Lipinski definition) is 6. The van der Waals surface area contributed by atoms with Gasteiger partial charge in [0.2, 0.25) is 10.0 Å². The SMILES string of the molecule is CC(C)CN1C(=O)c2ccc(C(=O)NCc3ccc(S(=O)(=O)N4CCN(C)CC4)cc3)cc2C1=O. The van der Waals surface area contributed by atoms with Crippen molar-refractivity contribution in [3.05, 3.63) is 64.7 Å². The smallest absolute Gasteiger partial charge is 0.261 e. The summed E-state index contributed by atoms with van der Waals surface area (Å²) in [7, 11) is -1.58. The van der Waals surface area contributed by atoms with Gasteiger partial charge in [-0.25, -0.2) is 8.42 Å². The number of nitrogens with zero attached hydrogens (tertiary/aromatic N) is 3. The zero-order valence-corrected chi connectivity index (χ0v) is 21.0. The second kappa shape index (κ2) is 9.88. The molecule has 1 N–H and O–H groups in total. The summed E-state index contributed by atoms with van der Waals surface area (Å²) in [4.78, 5) is 41.4. The van der Waals surface area contributed by atoms with E-state index in [4.69, 9.17) is 0 Å². The minimum atomic E-state index is -3.55. The Bertz CT molecular complexity index is 1250. The average Bonchev–Trinajstić information content (AvgIpc) is 3.07. The molecule has 35 heavy (non-hydrogen) atoms. The molecular weight excluding hydrogens is 468 g/mol. The Hall–Kier alpha value is -3.08. The van der Waals surface area contributed by atoms with Gasteiger partial charge in [0.25, 0.3) is 17.7 Å². The lowest BCUT2D eigenvalue weighted by atomic mass is 10.1. The molecule has 0 unspecified atom stereocenters. The standard InChI is InChI=1S/C25H30N4O5S/c1-17(2)16-29-24(31)21-9-6-19(14-22(21)25(29)32)23(30)26-15-18-4-7-20(8-5-18)35(33,34)28-12-10-27(3)11-13-28/h4-9,14,17H,10-13,15-16H2,1-3H3,(H,26,30). The molecule has 0 bridgehead atoms. The molecule has 0 aromatic heterocycles. The first-order valence-electron chi connectivity index (χ1n) is 11.6. The van der Waals surface area contributed by atoms with Crippen LogP contribution in [-0.2, 0) is 16.6 Å². The van der Waals surface area contributed by atoms with Gasteiger partial charge in [-0.3, -0.25) is 19.3 Å². The number of likely N-dealkylation sites (N-methyl/N-ethyl adjacent to an activating group) is 1. The molecule has 2 aliphatic heterocycles. The lowest BCUT2D eigenvalue weighted by molar-refractivity contribution is 0.0636. The zero-order chi connectivity index (χ0) is 25.3. The number of piperazine rings is 1. The van der Waals surface area contributed by atoms with Crippen molar-refractivity contribution in [3.8, 4) is 0 Å². The van der Waals surface area contributed by atoms with Crippen LogP contribution in [0.1, 0.15) is 50.5 Å². The summed E-state index contributed by atoms with van der Waals surface area (Å²) in [6.45, 7) is 6.68. The average molecular weight is 499 g/mol. The van der Waals surface area contributed by atoms with E-state index in [-0.39, 0.29) is 46.2 Å². The molecule has 10 heteroatoms. The minimum absolute atomic E-state index is 0.142. The summed E-state index contributed by atoms with van der Waals surface area (Å²) in [6.07, 6.45) is 0. The Morgan fingerprint density at radius 2 is 1.57 bits per heavy atom. The van der Waals surface area contributed by atoms with E-state index >= 15 is 0 Å². The first kappa shape index (κ1) is 25.0. The molecule has 9 nitrogen and oxygen atoms in total. The Labute approximate surface area is 205 Å². The molecule has 2 aromatic rings. The van der Waals surface area contributed by atoms with Gasteiger partial charge in [0.1, 0.15) is 0 Å². The monoisotopic (exact) mass is 498 g/mol. The van der Waals surface area contributed by atoms with Crippen LogP contribution in [0, 0.1) is 5.92 Å². The fraction of sp³-hybridized carbons (Fsp3) is 0.400. The molecule has 3 amide bonds. The number of carbonyl (C=O) groups is 3. The second-order valence-corrected chi connectivity index (χ2v) is 11.3. The predicted octanol–water partition coefficient (Wildman–Crippen LogP) is 1.80. The van der Waals surface area contributed by atoms with Crippen molar-refractivity contribution in [3.63, 3.8) is 0 Å². The van der Waals surface area contributed by atoms with Gasteiger partial charge in [0.05, 0.1) is 16.0 Å². The van der Waals surface area contributed by atoms with Crippen molar-refractivity contribution in [2.45, 2.75) is 25.3 Å². The number of rotatable bonds is 7. The predicted molar refractivity (Wildman–Crippen MR) is 131 cm³/mol. The lowest BCUT2D eigenvalue weighted by Gasteiger charge is -2.31. The Balaban J connectivity index is 1.40. The molecule has 0 spiro atoms. The highest BCUT2D eigenvalue weighted by molar-refractivity contribution is 7.89. The Morgan fingerprint density at radius 3 is 2.20 bits per heavy atom. The van der Waals surface area contributed by atoms with Crippen molar-refractivity contribution in [1.29, 1.82) is 0 Å². The van der Waals surface area contributed by atoms with E-state index in [0.717, 1.165) is 5.56 Å². The van der Waals surface area contributed by atoms with Crippen LogP contribution in [-0.4, -0.2) is 80.0 Å². The summed E-state index contributed by atoms with van der Waals surface area (Å²) in [5, 5.41) is 2.79. The largest absolute Gasteiger partial charge is 0.348 e. The van der Waals surface area contributed by atoms with Gasteiger partial charge in [-0.1, -0.05) is 26.0 Å². The van der Waals surface area contributed by atoms with E-state index in [1.807, 2.05) is 20.9 Å². The normalized spacial score (nSPS) is 17.2. The molecule has 0 atom stereocenters. The summed E-state index contributed by atoms with van der Waals surface area (Å²) in [5.74, 6) is -0.963. The van der Waals surface area contributed by atoms with E-state index in [9.17, 15) is 22.8 Å². The maximum absolute atomic E-state index is 12.9. The van der Waals surface area contributed by atoms with Crippen LogP contribution in [0.25, 0.3) is 0 Å². The number of imide groups is 1. The fourth-order valence-electron chi connectivity index (χ4n) is 4.20. The third-order valence-corrected chi connectivity index (χ3v) is 8.17. The van der Waals surface area contributed by atoms with Crippen molar-refractivity contribution in [1.82, 2.24) is 19.4 Å². The van der Waals surface area contributed by atoms with Crippen LogP contribution in [0.3, 0.4) is 0 Å². The van der Waals surface area contributed by atoms with Crippen LogP contribution in [0.15, 0.2) is 47.4 Å². The van der Waals surface area contributed by atoms with Gasteiger partial charge in [0, 0.05) is 44.8 Å². The second-order valence-electron chi connectivity index (χ2n) is 9.41. The number of amides is 3. The minimum Gasteiger partial charge on any atom is -0.348 e. The van der Waals surface area contributed by atoms with E-state index in [0.29, 0.717) is 38.3 Å². The van der Waals surface area contributed by atoms with Crippen LogP contribution in [0.5, 0.6) is 0 Å². The Morgan fingerprint density at radius 1 is 0.943 bits per heavy atom. The molecule has 1 saturated heterocycles. The van der Waals surface area contributed by atoms with E-state index < -0.39 is 10.0 Å². The summed E-state index contributed by atoms with van der Waals surface area (Å²) in [6, 6.07) is 11.0. The van der Waals surface area contributed by atoms with Crippen molar-refractivity contribution < 1.29 is 22.8 Å². The molecule has 4 rings (SSSR count). The van der Waals surface area contributed by atoms with E-state index in [1.165, 1.54) is 27.4 Å². The third-order valence-electron chi connectivity index (χ3n) is 6.26. The molecule has 1 fully saturated rings. The van der Waals surface area contributed by atoms with Crippen molar-refractivity contribution in [2.24, 2.45) is 5.92 Å². The van der Waals surface area contributed by atoms with Gasteiger partial charge in [0.15, 0.2) is 0 Å². The molecule has 2 aromatic carbocycles. The van der Waals surface area contributed by atoms with Crippen molar-refractivity contribution >= 4 is 27.7 Å². The number of benzene rings is 2. The number of sulfonamides is 1. The van der Waals surface area contributed by atoms with Gasteiger partial charge in [-0.2, -0.15) is 4.31 Å². The summed E-state index contributed by atoms with van der Waals surface area (Å²) >= 11 is 0. The number of fused-ring (bicyclic) bond motifs is 1. The first-order chi connectivity index (χ1) is 16.6. The number of hydrogen-bond donors (Lipinski definition) is 1. The highest BCUT2D eigenvalue weighted by Crippen LogP contribution is 2.25. The first-order valence-corrected chi connectivity index (χ1v) is 13.1. The van der Waals surface area contributed by atoms with E-state index in [2.05, 4.69) is 10.2 Å². The number of carbonyl (C=O) groups excluding carboxylic acids is 3. The number of nitrogens with one attached hydrogen (secondary N) is 1. The van der Waals surface area contributed by atoms with E-state index in [1.54, 1.807) is 24.3 Å². The molecule has 186 valence electrons. The topological polar surface area (TPSA) is 107 Å². The fourth-order valence-corrected chi connectivity index (χ4v) is 5.63. The maximum atomic E-state index is 12.9. The molecule has 2 heterocycles. The molecule has 0 aliphatic carbocycles. The van der Waals surface area contributed by atoms with Gasteiger partial charge in [-0.05, 0) is 48.9 Å². The van der Waals surface area contributed by atoms with Crippen LogP contribution < -0.4 is 5.32 Å². The molecule has 0 radical (unpaired) electrons.